The van der Waals surface area contributed by atoms with Crippen molar-refractivity contribution >= 4 is 35.6 Å². The van der Waals surface area contributed by atoms with Crippen LogP contribution in [0.15, 0.2) is 11.5 Å². The molecule has 0 fully saturated rings. The van der Waals surface area contributed by atoms with Crippen molar-refractivity contribution in [3.05, 3.63) is 6.33 Å². The Morgan fingerprint density at radius 3 is 2.23 bits per heavy atom. The van der Waals surface area contributed by atoms with E-state index in [1.54, 1.807) is 7.11 Å². The minimum absolute atomic E-state index is 0.150. The van der Waals surface area contributed by atoms with E-state index in [-0.39, 0.29) is 11.9 Å². The lowest BCUT2D eigenvalue weighted by Crippen LogP contribution is -2.15. The molecule has 0 unspecified atom stereocenters. The van der Waals surface area contributed by atoms with Crippen LogP contribution in [0, 0.1) is 0 Å². The predicted molar refractivity (Wildman–Crippen MR) is 104 cm³/mol. The van der Waals surface area contributed by atoms with Gasteiger partial charge in [0.15, 0.2) is 5.16 Å². The van der Waals surface area contributed by atoms with Crippen molar-refractivity contribution in [1.82, 2.24) is 29.9 Å². The van der Waals surface area contributed by atoms with Crippen LogP contribution >= 0.6 is 11.8 Å². The summed E-state index contributed by atoms with van der Waals surface area (Å²) in [5, 5.41) is 7.06. The number of nitrogen functional groups attached to an aromatic ring is 2. The highest BCUT2D eigenvalue weighted by Crippen LogP contribution is 2.14. The smallest absolute Gasteiger partial charge is 0.228 e. The first-order valence-corrected chi connectivity index (χ1v) is 9.16. The number of nitrogens with one attached hydrogen (secondary N) is 2. The summed E-state index contributed by atoms with van der Waals surface area (Å²) in [4.78, 5) is 23.5. The Balaban J connectivity index is 0.000000350. The van der Waals surface area contributed by atoms with Gasteiger partial charge in [0, 0.05) is 26.3 Å². The molecular formula is C14H26N10OS. The van der Waals surface area contributed by atoms with E-state index in [1.807, 2.05) is 20.1 Å². The van der Waals surface area contributed by atoms with Crippen molar-refractivity contribution in [3.8, 4) is 0 Å². The van der Waals surface area contributed by atoms with Gasteiger partial charge in [-0.3, -0.25) is 0 Å². The lowest BCUT2D eigenvalue weighted by Gasteiger charge is -2.11. The van der Waals surface area contributed by atoms with Crippen LogP contribution in [0.4, 0.5) is 23.8 Å². The third-order valence-corrected chi connectivity index (χ3v) is 3.18. The van der Waals surface area contributed by atoms with E-state index in [0.717, 1.165) is 19.6 Å². The molecule has 0 aliphatic carbocycles. The Morgan fingerprint density at radius 2 is 1.73 bits per heavy atom. The minimum Gasteiger partial charge on any atom is -0.385 e. The summed E-state index contributed by atoms with van der Waals surface area (Å²) in [5.41, 5.74) is 10.2. The summed E-state index contributed by atoms with van der Waals surface area (Å²) in [6, 6.07) is 0.295. The van der Waals surface area contributed by atoms with Gasteiger partial charge in [-0.2, -0.15) is 19.9 Å². The van der Waals surface area contributed by atoms with Crippen molar-refractivity contribution in [3.63, 3.8) is 0 Å². The quantitative estimate of drug-likeness (QED) is 0.377. The summed E-state index contributed by atoms with van der Waals surface area (Å²) in [5.74, 6) is 1.52. The van der Waals surface area contributed by atoms with Gasteiger partial charge in [0.2, 0.25) is 23.8 Å². The highest BCUT2D eigenvalue weighted by molar-refractivity contribution is 7.98. The van der Waals surface area contributed by atoms with Gasteiger partial charge in [0.25, 0.3) is 0 Å². The van der Waals surface area contributed by atoms with Crippen LogP contribution in [-0.2, 0) is 4.74 Å². The molecule has 2 aromatic rings. The number of ether oxygens (including phenoxy) is 1. The molecule has 2 heterocycles. The van der Waals surface area contributed by atoms with Gasteiger partial charge in [0.05, 0.1) is 0 Å². The minimum atomic E-state index is 0.150. The number of thioether (sulfide) groups is 1. The van der Waals surface area contributed by atoms with Crippen LogP contribution in [0.3, 0.4) is 0 Å². The van der Waals surface area contributed by atoms with Gasteiger partial charge in [-0.05, 0) is 26.5 Å². The second-order valence-corrected chi connectivity index (χ2v) is 6.02. The molecule has 12 heteroatoms. The second kappa shape index (κ2) is 12.0. The number of nitrogens with two attached hydrogens (primary N) is 2. The Bertz CT molecular complexity index is 640. The first-order chi connectivity index (χ1) is 12.4. The normalized spacial score (nSPS) is 10.2. The molecule has 0 aliphatic heterocycles. The number of anilines is 4. The van der Waals surface area contributed by atoms with Crippen molar-refractivity contribution < 1.29 is 4.74 Å². The van der Waals surface area contributed by atoms with Crippen LogP contribution in [0.2, 0.25) is 0 Å². The molecule has 6 N–H and O–H groups in total. The zero-order valence-electron chi connectivity index (χ0n) is 15.4. The molecule has 0 amide bonds. The lowest BCUT2D eigenvalue weighted by molar-refractivity contribution is 0.197. The average molecular weight is 382 g/mol. The fourth-order valence-electron chi connectivity index (χ4n) is 1.59. The predicted octanol–water partition coefficient (Wildman–Crippen LogP) is 0.898. The Hall–Kier alpha value is -2.47. The van der Waals surface area contributed by atoms with Crippen LogP contribution in [0.25, 0.3) is 0 Å². The number of rotatable bonds is 8. The number of hydrogen-bond donors (Lipinski definition) is 4. The highest BCUT2D eigenvalue weighted by atomic mass is 32.2. The van der Waals surface area contributed by atoms with Crippen LogP contribution < -0.4 is 22.1 Å². The zero-order valence-corrected chi connectivity index (χ0v) is 16.2. The largest absolute Gasteiger partial charge is 0.385 e. The molecule has 0 aromatic carbocycles. The number of hydrogen-bond acceptors (Lipinski definition) is 12. The van der Waals surface area contributed by atoms with Crippen molar-refractivity contribution in [2.24, 2.45) is 0 Å². The molecule has 26 heavy (non-hydrogen) atoms. The topological polar surface area (TPSA) is 163 Å². The van der Waals surface area contributed by atoms with Gasteiger partial charge in [0.1, 0.15) is 6.33 Å². The Morgan fingerprint density at radius 1 is 1.08 bits per heavy atom. The highest BCUT2D eigenvalue weighted by Gasteiger charge is 2.06. The second-order valence-electron chi connectivity index (χ2n) is 5.24. The molecule has 0 atom stereocenters. The molecule has 0 saturated carbocycles. The van der Waals surface area contributed by atoms with E-state index in [2.05, 4.69) is 40.5 Å². The fraction of sp³-hybridized carbons (Fsp3) is 0.571. The Labute approximate surface area is 157 Å². The monoisotopic (exact) mass is 382 g/mol. The molecule has 144 valence electrons. The van der Waals surface area contributed by atoms with Crippen LogP contribution in [0.5, 0.6) is 0 Å². The first-order valence-electron chi connectivity index (χ1n) is 7.94. The van der Waals surface area contributed by atoms with Crippen LogP contribution in [0.1, 0.15) is 20.3 Å². The molecule has 2 aromatic heterocycles. The standard InChI is InChI=1S/C11H21N5OS.C3H5N5/c1-8(2)13-10-14-9(12-6-5-7-17-3)15-11(16-10)18-4;4-2-6-1-7-3(5)8-2/h8H,5-7H2,1-4H3,(H2,12,13,14,15,16);1H,(H4,4,5,6,7,8). The SMILES string of the molecule is COCCCNc1nc(NC(C)C)nc(SC)n1.Nc1ncnc(N)n1. The molecule has 0 spiro atoms. The van der Waals surface area contributed by atoms with E-state index < -0.39 is 0 Å². The van der Waals surface area contributed by atoms with E-state index >= 15 is 0 Å². The molecular weight excluding hydrogens is 356 g/mol. The van der Waals surface area contributed by atoms with E-state index in [0.29, 0.717) is 23.1 Å². The third-order valence-electron chi connectivity index (χ3n) is 2.63. The van der Waals surface area contributed by atoms with Gasteiger partial charge in [-0.25, -0.2) is 9.97 Å². The summed E-state index contributed by atoms with van der Waals surface area (Å²) in [6.07, 6.45) is 4.13. The lowest BCUT2D eigenvalue weighted by atomic mass is 10.4. The molecule has 0 aliphatic rings. The molecule has 11 nitrogen and oxygen atoms in total. The zero-order chi connectivity index (χ0) is 19.4. The van der Waals surface area contributed by atoms with Crippen molar-refractivity contribution in [1.29, 1.82) is 0 Å². The van der Waals surface area contributed by atoms with Crippen LogP contribution in [-0.4, -0.2) is 62.5 Å². The maximum absolute atomic E-state index is 5.12. The van der Waals surface area contributed by atoms with Crippen molar-refractivity contribution in [2.45, 2.75) is 31.5 Å². The summed E-state index contributed by atoms with van der Waals surface area (Å²) < 4.78 is 4.99. The Kier molecular flexibility index (Phi) is 9.94. The maximum Gasteiger partial charge on any atom is 0.228 e. The van der Waals surface area contributed by atoms with E-state index in [9.17, 15) is 0 Å². The number of methoxy groups -OCH3 is 1. The van der Waals surface area contributed by atoms with Gasteiger partial charge < -0.3 is 26.8 Å². The summed E-state index contributed by atoms with van der Waals surface area (Å²) in [6.45, 7) is 5.61. The number of nitrogens with zero attached hydrogens (tertiary/aromatic N) is 6. The average Bonchev–Trinajstić information content (AvgIpc) is 2.58. The fourth-order valence-corrected chi connectivity index (χ4v) is 1.94. The molecule has 0 radical (unpaired) electrons. The van der Waals surface area contributed by atoms with Gasteiger partial charge in [-0.15, -0.1) is 0 Å². The van der Waals surface area contributed by atoms with E-state index in [4.69, 9.17) is 16.2 Å². The summed E-state index contributed by atoms with van der Waals surface area (Å²) >= 11 is 1.50. The molecule has 0 bridgehead atoms. The van der Waals surface area contributed by atoms with Crippen molar-refractivity contribution in [2.75, 3.05) is 48.6 Å². The summed E-state index contributed by atoms with van der Waals surface area (Å²) in [7, 11) is 1.69. The third kappa shape index (κ3) is 9.13. The maximum atomic E-state index is 5.12. The first kappa shape index (κ1) is 21.6. The van der Waals surface area contributed by atoms with Gasteiger partial charge in [-0.1, -0.05) is 11.8 Å². The van der Waals surface area contributed by atoms with E-state index in [1.165, 1.54) is 18.1 Å². The molecule has 2 rings (SSSR count). The van der Waals surface area contributed by atoms with Gasteiger partial charge >= 0.3 is 0 Å². The molecule has 0 saturated heterocycles. The number of aromatic nitrogens is 6.